The van der Waals surface area contributed by atoms with Gasteiger partial charge in [0, 0.05) is 7.05 Å². The van der Waals surface area contributed by atoms with Crippen LogP contribution in [0.1, 0.15) is 29.5 Å². The fourth-order valence-electron chi connectivity index (χ4n) is 1.55. The van der Waals surface area contributed by atoms with E-state index in [0.717, 1.165) is 0 Å². The van der Waals surface area contributed by atoms with E-state index in [1.807, 2.05) is 0 Å². The van der Waals surface area contributed by atoms with Crippen molar-refractivity contribution in [2.45, 2.75) is 26.3 Å². The molecule has 0 bridgehead atoms. The highest BCUT2D eigenvalue weighted by atomic mass is 16.4. The van der Waals surface area contributed by atoms with Gasteiger partial charge in [-0.1, -0.05) is 6.92 Å². The minimum Gasteiger partial charge on any atom is -0.480 e. The summed E-state index contributed by atoms with van der Waals surface area (Å²) in [5, 5.41) is 8.94. The van der Waals surface area contributed by atoms with Gasteiger partial charge in [0.2, 0.25) is 0 Å². The van der Waals surface area contributed by atoms with Crippen molar-refractivity contribution >= 4 is 11.9 Å². The number of carbonyl (C=O) groups excluding carboxylic acids is 1. The third-order valence-electron chi connectivity index (χ3n) is 2.55. The standard InChI is InChI=1S/C11H15NO4/c1-4-9(11(14)15)12(3)10(13)8-5-6-16-7(8)2/h5-6,9H,4H2,1-3H3,(H,14,15). The van der Waals surface area contributed by atoms with Crippen molar-refractivity contribution in [2.75, 3.05) is 7.05 Å². The fraction of sp³-hybridized carbons (Fsp3) is 0.455. The number of nitrogens with zero attached hydrogens (tertiary/aromatic N) is 1. The molecule has 1 N–H and O–H groups in total. The molecule has 0 saturated carbocycles. The average molecular weight is 225 g/mol. The minimum atomic E-state index is -1.00. The van der Waals surface area contributed by atoms with Gasteiger partial charge in [0.1, 0.15) is 11.8 Å². The van der Waals surface area contributed by atoms with Crippen LogP contribution in [0.3, 0.4) is 0 Å². The van der Waals surface area contributed by atoms with E-state index in [0.29, 0.717) is 17.7 Å². The summed E-state index contributed by atoms with van der Waals surface area (Å²) >= 11 is 0. The predicted molar refractivity (Wildman–Crippen MR) is 57.3 cm³/mol. The van der Waals surface area contributed by atoms with Crippen LogP contribution in [0.4, 0.5) is 0 Å². The Labute approximate surface area is 93.7 Å². The number of amides is 1. The van der Waals surface area contributed by atoms with E-state index in [9.17, 15) is 9.59 Å². The second-order valence-electron chi connectivity index (χ2n) is 3.57. The molecule has 1 atom stereocenters. The number of hydrogen-bond donors (Lipinski definition) is 1. The molecule has 0 fully saturated rings. The maximum Gasteiger partial charge on any atom is 0.326 e. The van der Waals surface area contributed by atoms with Gasteiger partial charge in [-0.25, -0.2) is 4.79 Å². The topological polar surface area (TPSA) is 70.8 Å². The number of carboxylic acids is 1. The number of hydrogen-bond acceptors (Lipinski definition) is 3. The number of rotatable bonds is 4. The van der Waals surface area contributed by atoms with Crippen LogP contribution in [0.15, 0.2) is 16.7 Å². The summed E-state index contributed by atoms with van der Waals surface area (Å²) in [7, 11) is 1.48. The quantitative estimate of drug-likeness (QED) is 0.843. The first-order chi connectivity index (χ1) is 7.49. The maximum absolute atomic E-state index is 11.9. The third-order valence-corrected chi connectivity index (χ3v) is 2.55. The second kappa shape index (κ2) is 4.83. The summed E-state index contributed by atoms with van der Waals surface area (Å²) in [4.78, 5) is 24.1. The highest BCUT2D eigenvalue weighted by Gasteiger charge is 2.26. The Kier molecular flexibility index (Phi) is 3.71. The molecule has 1 heterocycles. The lowest BCUT2D eigenvalue weighted by Gasteiger charge is -2.23. The summed E-state index contributed by atoms with van der Waals surface area (Å²) in [5.41, 5.74) is 0.405. The molecule has 0 aliphatic heterocycles. The van der Waals surface area contributed by atoms with Gasteiger partial charge < -0.3 is 14.4 Å². The molecule has 0 aliphatic rings. The van der Waals surface area contributed by atoms with Crippen LogP contribution in [0, 0.1) is 6.92 Å². The third kappa shape index (κ3) is 2.24. The zero-order chi connectivity index (χ0) is 12.3. The molecule has 0 saturated heterocycles. The molecule has 0 spiro atoms. The Morgan fingerprint density at radius 1 is 1.56 bits per heavy atom. The van der Waals surface area contributed by atoms with E-state index in [-0.39, 0.29) is 5.91 Å². The zero-order valence-electron chi connectivity index (χ0n) is 9.56. The van der Waals surface area contributed by atoms with E-state index < -0.39 is 12.0 Å². The molecule has 1 aromatic rings. The number of aryl methyl sites for hydroxylation is 1. The number of aliphatic carboxylic acids is 1. The lowest BCUT2D eigenvalue weighted by molar-refractivity contribution is -0.142. The van der Waals surface area contributed by atoms with Gasteiger partial charge in [0.05, 0.1) is 11.8 Å². The summed E-state index contributed by atoms with van der Waals surface area (Å²) in [6, 6.07) is 0.740. The molecule has 1 unspecified atom stereocenters. The van der Waals surface area contributed by atoms with Crippen LogP contribution in [-0.2, 0) is 4.79 Å². The highest BCUT2D eigenvalue weighted by Crippen LogP contribution is 2.14. The largest absolute Gasteiger partial charge is 0.480 e. The van der Waals surface area contributed by atoms with Gasteiger partial charge >= 0.3 is 5.97 Å². The van der Waals surface area contributed by atoms with E-state index in [1.165, 1.54) is 18.2 Å². The summed E-state index contributed by atoms with van der Waals surface area (Å²) < 4.78 is 5.01. The zero-order valence-corrected chi connectivity index (χ0v) is 9.56. The number of carboxylic acid groups (broad SMARTS) is 1. The van der Waals surface area contributed by atoms with E-state index in [2.05, 4.69) is 0 Å². The molecule has 1 rings (SSSR count). The molecule has 16 heavy (non-hydrogen) atoms. The van der Waals surface area contributed by atoms with Crippen molar-refractivity contribution in [3.8, 4) is 0 Å². The average Bonchev–Trinajstić information content (AvgIpc) is 2.63. The SMILES string of the molecule is CCC(C(=O)O)N(C)C(=O)c1ccoc1C. The summed E-state index contributed by atoms with van der Waals surface area (Å²) in [6.07, 6.45) is 1.78. The first kappa shape index (κ1) is 12.3. The summed E-state index contributed by atoms with van der Waals surface area (Å²) in [5.74, 6) is -0.836. The van der Waals surface area contributed by atoms with Gasteiger partial charge in [-0.2, -0.15) is 0 Å². The predicted octanol–water partition coefficient (Wildman–Crippen LogP) is 1.52. The molecule has 1 amide bonds. The Hall–Kier alpha value is -1.78. The first-order valence-electron chi connectivity index (χ1n) is 5.03. The smallest absolute Gasteiger partial charge is 0.326 e. The molecule has 0 radical (unpaired) electrons. The van der Waals surface area contributed by atoms with Gasteiger partial charge in [-0.05, 0) is 19.4 Å². The monoisotopic (exact) mass is 225 g/mol. The number of carbonyl (C=O) groups is 2. The minimum absolute atomic E-state index is 0.333. The van der Waals surface area contributed by atoms with Gasteiger partial charge in [-0.15, -0.1) is 0 Å². The van der Waals surface area contributed by atoms with E-state index in [1.54, 1.807) is 19.9 Å². The van der Waals surface area contributed by atoms with Crippen molar-refractivity contribution < 1.29 is 19.1 Å². The first-order valence-corrected chi connectivity index (χ1v) is 5.03. The molecule has 1 aromatic heterocycles. The lowest BCUT2D eigenvalue weighted by Crippen LogP contribution is -2.42. The fourth-order valence-corrected chi connectivity index (χ4v) is 1.55. The van der Waals surface area contributed by atoms with Crippen LogP contribution in [0.25, 0.3) is 0 Å². The normalized spacial score (nSPS) is 12.2. The van der Waals surface area contributed by atoms with Gasteiger partial charge in [0.25, 0.3) is 5.91 Å². The van der Waals surface area contributed by atoms with Gasteiger partial charge in [0.15, 0.2) is 0 Å². The Balaban J connectivity index is 2.90. The summed E-state index contributed by atoms with van der Waals surface area (Å²) in [6.45, 7) is 3.40. The van der Waals surface area contributed by atoms with Crippen LogP contribution >= 0.6 is 0 Å². The van der Waals surface area contributed by atoms with Crippen LogP contribution in [0.5, 0.6) is 0 Å². The molecule has 5 heteroatoms. The van der Waals surface area contributed by atoms with Crippen molar-refractivity contribution in [3.63, 3.8) is 0 Å². The molecule has 88 valence electrons. The molecular formula is C11H15NO4. The molecular weight excluding hydrogens is 210 g/mol. The number of likely N-dealkylation sites (N-methyl/N-ethyl adjacent to an activating group) is 1. The lowest BCUT2D eigenvalue weighted by atomic mass is 10.1. The molecule has 5 nitrogen and oxygen atoms in total. The molecule has 0 aromatic carbocycles. The van der Waals surface area contributed by atoms with Crippen LogP contribution < -0.4 is 0 Å². The van der Waals surface area contributed by atoms with Crippen molar-refractivity contribution in [1.82, 2.24) is 4.90 Å². The van der Waals surface area contributed by atoms with Crippen molar-refractivity contribution in [1.29, 1.82) is 0 Å². The highest BCUT2D eigenvalue weighted by molar-refractivity contribution is 5.97. The van der Waals surface area contributed by atoms with Crippen LogP contribution in [-0.4, -0.2) is 35.0 Å². The van der Waals surface area contributed by atoms with E-state index in [4.69, 9.17) is 9.52 Å². The maximum atomic E-state index is 11.9. The number of furan rings is 1. The Bertz CT molecular complexity index is 396. The second-order valence-corrected chi connectivity index (χ2v) is 3.57. The van der Waals surface area contributed by atoms with Gasteiger partial charge in [-0.3, -0.25) is 4.79 Å². The van der Waals surface area contributed by atoms with Crippen molar-refractivity contribution in [3.05, 3.63) is 23.7 Å². The van der Waals surface area contributed by atoms with Crippen LogP contribution in [0.2, 0.25) is 0 Å². The molecule has 0 aliphatic carbocycles. The van der Waals surface area contributed by atoms with E-state index >= 15 is 0 Å². The Morgan fingerprint density at radius 2 is 2.19 bits per heavy atom. The van der Waals surface area contributed by atoms with Crippen molar-refractivity contribution in [2.24, 2.45) is 0 Å². The Morgan fingerprint density at radius 3 is 2.56 bits per heavy atom.